The highest BCUT2D eigenvalue weighted by molar-refractivity contribution is 5.86. The van der Waals surface area contributed by atoms with E-state index in [1.54, 1.807) is 32.6 Å². The Kier molecular flexibility index (Phi) is 8.32. The quantitative estimate of drug-likeness (QED) is 0.681. The average molecular weight is 386 g/mol. The van der Waals surface area contributed by atoms with Gasteiger partial charge in [0.2, 0.25) is 11.8 Å². The third-order valence-corrected chi connectivity index (χ3v) is 3.79. The average Bonchev–Trinajstić information content (AvgIpc) is 2.56. The largest absolute Gasteiger partial charge is 0.450 e. The monoisotopic (exact) mass is 386 g/mol. The summed E-state index contributed by atoms with van der Waals surface area (Å²) in [5.74, 6) is -0.906. The summed E-state index contributed by atoms with van der Waals surface area (Å²) in [6.45, 7) is 8.42. The van der Waals surface area contributed by atoms with Gasteiger partial charge in [0.15, 0.2) is 0 Å². The molecule has 0 aromatic carbocycles. The van der Waals surface area contributed by atoms with Crippen LogP contribution in [0, 0.1) is 0 Å². The van der Waals surface area contributed by atoms with Crippen molar-refractivity contribution in [1.82, 2.24) is 15.1 Å². The molecule has 1 heterocycles. The number of hydrogen-bond acceptors (Lipinski definition) is 6. The standard InChI is InChI=1S/C17H30N4O6/c1-5-26-16(25)21-10-8-20(9-11-21)14(23)12(6-7-13(18)22)19-15(24)27-17(2,3)4/h12H,5-11H2,1-4H3,(H2,18,22)(H,19,24). The first-order valence-corrected chi connectivity index (χ1v) is 9.01. The summed E-state index contributed by atoms with van der Waals surface area (Å²) in [7, 11) is 0. The minimum Gasteiger partial charge on any atom is -0.450 e. The van der Waals surface area contributed by atoms with Crippen LogP contribution >= 0.6 is 0 Å². The van der Waals surface area contributed by atoms with E-state index < -0.39 is 29.7 Å². The molecule has 4 amide bonds. The molecule has 10 nitrogen and oxygen atoms in total. The first-order chi connectivity index (χ1) is 12.5. The van der Waals surface area contributed by atoms with Crippen LogP contribution in [0.1, 0.15) is 40.5 Å². The van der Waals surface area contributed by atoms with Gasteiger partial charge in [0, 0.05) is 32.6 Å². The maximum absolute atomic E-state index is 12.8. The van der Waals surface area contributed by atoms with Crippen molar-refractivity contribution in [3.05, 3.63) is 0 Å². The number of nitrogens with two attached hydrogens (primary N) is 1. The fourth-order valence-electron chi connectivity index (χ4n) is 2.54. The van der Waals surface area contributed by atoms with Crippen LogP contribution in [0.4, 0.5) is 9.59 Å². The van der Waals surface area contributed by atoms with Crippen molar-refractivity contribution in [3.63, 3.8) is 0 Å². The Morgan fingerprint density at radius 1 is 1.07 bits per heavy atom. The highest BCUT2D eigenvalue weighted by Crippen LogP contribution is 2.11. The number of rotatable bonds is 6. The Morgan fingerprint density at radius 3 is 2.11 bits per heavy atom. The Morgan fingerprint density at radius 2 is 1.63 bits per heavy atom. The van der Waals surface area contributed by atoms with Gasteiger partial charge in [0.25, 0.3) is 0 Å². The third-order valence-electron chi connectivity index (χ3n) is 3.79. The van der Waals surface area contributed by atoms with Gasteiger partial charge in [-0.25, -0.2) is 9.59 Å². The number of primary amides is 1. The van der Waals surface area contributed by atoms with Crippen molar-refractivity contribution in [3.8, 4) is 0 Å². The second-order valence-corrected chi connectivity index (χ2v) is 7.22. The molecule has 1 atom stereocenters. The van der Waals surface area contributed by atoms with E-state index in [0.29, 0.717) is 26.2 Å². The normalized spacial score (nSPS) is 15.7. The molecule has 1 fully saturated rings. The lowest BCUT2D eigenvalue weighted by Gasteiger charge is -2.36. The van der Waals surface area contributed by atoms with Gasteiger partial charge in [-0.3, -0.25) is 9.59 Å². The molecule has 1 aliphatic heterocycles. The maximum Gasteiger partial charge on any atom is 0.409 e. The summed E-state index contributed by atoms with van der Waals surface area (Å²) < 4.78 is 10.1. The molecule has 0 aromatic rings. The summed E-state index contributed by atoms with van der Waals surface area (Å²) in [5, 5.41) is 2.51. The van der Waals surface area contributed by atoms with E-state index >= 15 is 0 Å². The van der Waals surface area contributed by atoms with Gasteiger partial charge in [-0.05, 0) is 34.1 Å². The number of carbonyl (C=O) groups is 4. The lowest BCUT2D eigenvalue weighted by molar-refractivity contribution is -0.135. The fourth-order valence-corrected chi connectivity index (χ4v) is 2.54. The van der Waals surface area contributed by atoms with E-state index in [-0.39, 0.29) is 25.4 Å². The first kappa shape index (κ1) is 22.5. The highest BCUT2D eigenvalue weighted by Gasteiger charge is 2.31. The van der Waals surface area contributed by atoms with Gasteiger partial charge < -0.3 is 30.3 Å². The molecule has 0 aliphatic carbocycles. The number of alkyl carbamates (subject to hydrolysis) is 1. The molecule has 27 heavy (non-hydrogen) atoms. The molecule has 0 aromatic heterocycles. The predicted molar refractivity (Wildman–Crippen MR) is 96.8 cm³/mol. The number of amides is 4. The number of ether oxygens (including phenoxy) is 2. The summed E-state index contributed by atoms with van der Waals surface area (Å²) in [5.41, 5.74) is 4.45. The molecule has 0 radical (unpaired) electrons. The summed E-state index contributed by atoms with van der Waals surface area (Å²) in [4.78, 5) is 50.7. The molecular weight excluding hydrogens is 356 g/mol. The van der Waals surface area contributed by atoms with E-state index in [9.17, 15) is 19.2 Å². The van der Waals surface area contributed by atoms with Gasteiger partial charge in [0.05, 0.1) is 6.61 Å². The van der Waals surface area contributed by atoms with Crippen molar-refractivity contribution >= 4 is 24.0 Å². The second kappa shape index (κ2) is 9.98. The molecule has 1 aliphatic rings. The van der Waals surface area contributed by atoms with Crippen LogP contribution in [0.3, 0.4) is 0 Å². The molecular formula is C17H30N4O6. The van der Waals surface area contributed by atoms with Crippen molar-refractivity contribution in [1.29, 1.82) is 0 Å². The SMILES string of the molecule is CCOC(=O)N1CCN(C(=O)C(CCC(N)=O)NC(=O)OC(C)(C)C)CC1. The summed E-state index contributed by atoms with van der Waals surface area (Å²) in [6, 6.07) is -0.929. The van der Waals surface area contributed by atoms with Crippen LogP contribution in [0.25, 0.3) is 0 Å². The Hall–Kier alpha value is -2.52. The zero-order valence-corrected chi connectivity index (χ0v) is 16.4. The van der Waals surface area contributed by atoms with Crippen molar-refractivity contribution in [2.24, 2.45) is 5.73 Å². The van der Waals surface area contributed by atoms with E-state index in [4.69, 9.17) is 15.2 Å². The summed E-state index contributed by atoms with van der Waals surface area (Å²) >= 11 is 0. The molecule has 0 bridgehead atoms. The third kappa shape index (κ3) is 8.14. The number of nitrogens with zero attached hydrogens (tertiary/aromatic N) is 2. The Balaban J connectivity index is 2.69. The molecule has 3 N–H and O–H groups in total. The smallest absolute Gasteiger partial charge is 0.409 e. The van der Waals surface area contributed by atoms with Crippen LogP contribution in [0.15, 0.2) is 0 Å². The Bertz CT molecular complexity index is 552. The van der Waals surface area contributed by atoms with Crippen molar-refractivity contribution in [2.75, 3.05) is 32.8 Å². The maximum atomic E-state index is 12.8. The number of piperazine rings is 1. The fraction of sp³-hybridized carbons (Fsp3) is 0.765. The lowest BCUT2D eigenvalue weighted by atomic mass is 10.1. The van der Waals surface area contributed by atoms with Crippen molar-refractivity contribution < 1.29 is 28.7 Å². The van der Waals surface area contributed by atoms with Gasteiger partial charge in [-0.15, -0.1) is 0 Å². The van der Waals surface area contributed by atoms with Crippen LogP contribution in [0.2, 0.25) is 0 Å². The molecule has 1 unspecified atom stereocenters. The van der Waals surface area contributed by atoms with Crippen LogP contribution in [0.5, 0.6) is 0 Å². The molecule has 0 saturated carbocycles. The zero-order chi connectivity index (χ0) is 20.6. The van der Waals surface area contributed by atoms with E-state index in [1.807, 2.05) is 0 Å². The number of carbonyl (C=O) groups excluding carboxylic acids is 4. The van der Waals surface area contributed by atoms with Crippen LogP contribution in [-0.4, -0.2) is 78.2 Å². The molecule has 1 saturated heterocycles. The molecule has 1 rings (SSSR count). The minimum absolute atomic E-state index is 0.0466. The van der Waals surface area contributed by atoms with E-state index in [0.717, 1.165) is 0 Å². The van der Waals surface area contributed by atoms with Gasteiger partial charge >= 0.3 is 12.2 Å². The van der Waals surface area contributed by atoms with E-state index in [1.165, 1.54) is 4.90 Å². The molecule has 10 heteroatoms. The summed E-state index contributed by atoms with van der Waals surface area (Å²) in [6.07, 6.45) is -1.13. The topological polar surface area (TPSA) is 131 Å². The predicted octanol–water partition coefficient (Wildman–Crippen LogP) is 0.446. The number of nitrogens with one attached hydrogen (secondary N) is 1. The van der Waals surface area contributed by atoms with Crippen molar-refractivity contribution in [2.45, 2.75) is 52.2 Å². The van der Waals surface area contributed by atoms with Gasteiger partial charge in [-0.1, -0.05) is 0 Å². The Labute approximate surface area is 159 Å². The van der Waals surface area contributed by atoms with Crippen LogP contribution in [-0.2, 0) is 19.1 Å². The molecule has 154 valence electrons. The molecule has 0 spiro atoms. The first-order valence-electron chi connectivity index (χ1n) is 9.01. The number of hydrogen-bond donors (Lipinski definition) is 2. The lowest BCUT2D eigenvalue weighted by Crippen LogP contribution is -2.56. The zero-order valence-electron chi connectivity index (χ0n) is 16.4. The van der Waals surface area contributed by atoms with E-state index in [2.05, 4.69) is 5.32 Å². The second-order valence-electron chi connectivity index (χ2n) is 7.22. The van der Waals surface area contributed by atoms with Crippen LogP contribution < -0.4 is 11.1 Å². The van der Waals surface area contributed by atoms with Gasteiger partial charge in [0.1, 0.15) is 11.6 Å². The van der Waals surface area contributed by atoms with Gasteiger partial charge in [-0.2, -0.15) is 0 Å². The minimum atomic E-state index is -0.929. The highest BCUT2D eigenvalue weighted by atomic mass is 16.6.